The van der Waals surface area contributed by atoms with Gasteiger partial charge in [-0.05, 0) is 0 Å². The number of hydrogen-bond acceptors (Lipinski definition) is 2. The number of hydrogen-bond donors (Lipinski definition) is 0. The van der Waals surface area contributed by atoms with Crippen molar-refractivity contribution in [3.05, 3.63) is 24.0 Å². The van der Waals surface area contributed by atoms with Crippen molar-refractivity contribution in [2.45, 2.75) is 72.6 Å². The predicted molar refractivity (Wildman–Crippen MR) is 94.2 cm³/mol. The van der Waals surface area contributed by atoms with Gasteiger partial charge >= 0.3 is 135 Å². The molecule has 118 valence electrons. The second-order valence-corrected chi connectivity index (χ2v) is 19.4. The average Bonchev–Trinajstić information content (AvgIpc) is 2.55. The van der Waals surface area contributed by atoms with Gasteiger partial charge in [0.15, 0.2) is 0 Å². The van der Waals surface area contributed by atoms with Crippen LogP contribution in [0.5, 0.6) is 0 Å². The number of rotatable bonds is 11. The van der Waals surface area contributed by atoms with E-state index in [1.165, 1.54) is 51.8 Å². The third-order valence-corrected chi connectivity index (χ3v) is 20.1. The Labute approximate surface area is 134 Å². The molecule has 0 unspecified atom stereocenters. The van der Waals surface area contributed by atoms with E-state index in [9.17, 15) is 4.79 Å². The monoisotopic (exact) mass is 397 g/mol. The van der Waals surface area contributed by atoms with Gasteiger partial charge < -0.3 is 0 Å². The van der Waals surface area contributed by atoms with Crippen LogP contribution in [-0.2, 0) is 0 Å². The molecule has 0 saturated heterocycles. The number of unbranched alkanes of at least 4 members (excludes halogenated alkanes) is 3. The Balaban J connectivity index is 3.05. The standard InChI is InChI=1S/C6H4NO.3C4H9.Sn/c8-5-6-3-1-2-4-7-6;3*1-3-4-2;/h1,3-5H;3*1,3-4H2,2H3;. The molecule has 0 aliphatic heterocycles. The van der Waals surface area contributed by atoms with Crippen molar-refractivity contribution in [3.63, 3.8) is 0 Å². The Bertz CT molecular complexity index is 380. The van der Waals surface area contributed by atoms with Crippen molar-refractivity contribution in [2.75, 3.05) is 0 Å². The van der Waals surface area contributed by atoms with E-state index in [4.69, 9.17) is 0 Å². The van der Waals surface area contributed by atoms with Crippen LogP contribution in [0.3, 0.4) is 0 Å². The van der Waals surface area contributed by atoms with E-state index >= 15 is 0 Å². The number of nitrogens with zero attached hydrogens (tertiary/aromatic N) is 1. The van der Waals surface area contributed by atoms with Crippen molar-refractivity contribution in [3.8, 4) is 0 Å². The molecule has 1 heterocycles. The molecule has 0 radical (unpaired) electrons. The summed E-state index contributed by atoms with van der Waals surface area (Å²) in [5.74, 6) is 0. The minimum atomic E-state index is -2.32. The molecular weight excluding hydrogens is 365 g/mol. The maximum atomic E-state index is 10.8. The molecule has 1 aromatic rings. The van der Waals surface area contributed by atoms with Crippen molar-refractivity contribution < 1.29 is 4.79 Å². The minimum absolute atomic E-state index is 0.570. The molecular formula is C18H31NOSn. The zero-order valence-electron chi connectivity index (χ0n) is 14.0. The Morgan fingerprint density at radius 1 is 0.952 bits per heavy atom. The Morgan fingerprint density at radius 3 is 1.81 bits per heavy atom. The molecule has 0 fully saturated rings. The van der Waals surface area contributed by atoms with Gasteiger partial charge in [0.25, 0.3) is 0 Å². The first-order valence-corrected chi connectivity index (χ1v) is 16.1. The second kappa shape index (κ2) is 10.4. The summed E-state index contributed by atoms with van der Waals surface area (Å²) in [4.78, 5) is 15.2. The van der Waals surface area contributed by atoms with Gasteiger partial charge in [0.05, 0.1) is 0 Å². The van der Waals surface area contributed by atoms with Crippen LogP contribution in [-0.4, -0.2) is 29.6 Å². The summed E-state index contributed by atoms with van der Waals surface area (Å²) in [5, 5.41) is 0. The van der Waals surface area contributed by atoms with E-state index in [1.807, 2.05) is 12.3 Å². The first kappa shape index (κ1) is 18.7. The molecule has 0 spiro atoms. The topological polar surface area (TPSA) is 30.0 Å². The summed E-state index contributed by atoms with van der Waals surface area (Å²) in [6, 6.07) is 4.16. The first-order chi connectivity index (χ1) is 10.2. The molecule has 0 bridgehead atoms. The van der Waals surface area contributed by atoms with Gasteiger partial charge in [-0.3, -0.25) is 0 Å². The van der Waals surface area contributed by atoms with Gasteiger partial charge in [-0.1, -0.05) is 0 Å². The van der Waals surface area contributed by atoms with Crippen LogP contribution < -0.4 is 3.58 Å². The summed E-state index contributed by atoms with van der Waals surface area (Å²) in [6.45, 7) is 6.89. The van der Waals surface area contributed by atoms with Crippen molar-refractivity contribution in [2.24, 2.45) is 0 Å². The van der Waals surface area contributed by atoms with Crippen molar-refractivity contribution in [1.82, 2.24) is 4.98 Å². The fourth-order valence-electron chi connectivity index (χ4n) is 3.14. The number of carbonyl (C=O) groups is 1. The van der Waals surface area contributed by atoms with E-state index in [1.54, 1.807) is 3.58 Å². The molecule has 0 N–H and O–H groups in total. The molecule has 0 atom stereocenters. The fourth-order valence-corrected chi connectivity index (χ4v) is 18.8. The van der Waals surface area contributed by atoms with E-state index < -0.39 is 18.4 Å². The number of aldehydes is 1. The summed E-state index contributed by atoms with van der Waals surface area (Å²) in [7, 11) is 0. The molecule has 0 aliphatic rings. The Kier molecular flexibility index (Phi) is 9.21. The molecule has 0 aliphatic carbocycles. The van der Waals surface area contributed by atoms with Crippen LogP contribution in [0.25, 0.3) is 0 Å². The second-order valence-electron chi connectivity index (χ2n) is 6.18. The zero-order chi connectivity index (χ0) is 15.6. The van der Waals surface area contributed by atoms with E-state index in [0.717, 1.165) is 6.29 Å². The quantitative estimate of drug-likeness (QED) is 0.392. The molecule has 21 heavy (non-hydrogen) atoms. The van der Waals surface area contributed by atoms with Crippen LogP contribution in [0.4, 0.5) is 0 Å². The van der Waals surface area contributed by atoms with E-state index in [2.05, 4.69) is 31.8 Å². The number of carbonyl (C=O) groups excluding carboxylic acids is 1. The summed E-state index contributed by atoms with van der Waals surface area (Å²) < 4.78 is 5.90. The first-order valence-electron chi connectivity index (χ1n) is 8.64. The third kappa shape index (κ3) is 5.72. The molecule has 0 aromatic carbocycles. The number of aromatic nitrogens is 1. The van der Waals surface area contributed by atoms with Crippen molar-refractivity contribution >= 4 is 28.2 Å². The third-order valence-electron chi connectivity index (χ3n) is 4.55. The van der Waals surface area contributed by atoms with Crippen LogP contribution in [0.2, 0.25) is 13.3 Å². The van der Waals surface area contributed by atoms with Gasteiger partial charge in [0.2, 0.25) is 0 Å². The van der Waals surface area contributed by atoms with Crippen LogP contribution in [0.1, 0.15) is 69.8 Å². The fraction of sp³-hybridized carbons (Fsp3) is 0.667. The molecule has 0 amide bonds. The molecule has 1 aromatic heterocycles. The van der Waals surface area contributed by atoms with Gasteiger partial charge in [-0.15, -0.1) is 0 Å². The maximum absolute atomic E-state index is 10.8. The average molecular weight is 396 g/mol. The summed E-state index contributed by atoms with van der Waals surface area (Å²) in [5.41, 5.74) is 0.570. The Morgan fingerprint density at radius 2 is 1.48 bits per heavy atom. The predicted octanol–water partition coefficient (Wildman–Crippen LogP) is 4.95. The normalized spacial score (nSPS) is 11.6. The van der Waals surface area contributed by atoms with Gasteiger partial charge in [-0.2, -0.15) is 0 Å². The van der Waals surface area contributed by atoms with Crippen LogP contribution >= 0.6 is 0 Å². The van der Waals surface area contributed by atoms with Crippen LogP contribution in [0.15, 0.2) is 18.3 Å². The SMILES string of the molecule is CCC[CH2][Sn]([CH2]CCC)([CH2]CCC)[c]1ccc(C=O)nc1. The van der Waals surface area contributed by atoms with E-state index in [0.29, 0.717) is 5.69 Å². The van der Waals surface area contributed by atoms with Crippen molar-refractivity contribution in [1.29, 1.82) is 0 Å². The molecule has 3 heteroatoms. The molecule has 1 rings (SSSR count). The van der Waals surface area contributed by atoms with Gasteiger partial charge in [-0.25, -0.2) is 0 Å². The molecule has 2 nitrogen and oxygen atoms in total. The molecule has 0 saturated carbocycles. The summed E-state index contributed by atoms with van der Waals surface area (Å²) in [6.07, 6.45) is 10.8. The zero-order valence-corrected chi connectivity index (χ0v) is 16.9. The Hall–Kier alpha value is -0.381. The number of pyridine rings is 1. The van der Waals surface area contributed by atoms with E-state index in [-0.39, 0.29) is 0 Å². The van der Waals surface area contributed by atoms with Crippen LogP contribution in [0, 0.1) is 0 Å². The van der Waals surface area contributed by atoms with Gasteiger partial charge in [0, 0.05) is 0 Å². The summed E-state index contributed by atoms with van der Waals surface area (Å²) >= 11 is -2.32. The van der Waals surface area contributed by atoms with Gasteiger partial charge in [0.1, 0.15) is 0 Å².